The van der Waals surface area contributed by atoms with E-state index in [-0.39, 0.29) is 0 Å². The standard InChI is InChI=1S/C11H6ClN3S/c12-10-8-5-7(11-13-3-4-16-11)1-2-9(8)14-6-15-10/h1-6H. The molecule has 3 aromatic rings. The number of fused-ring (bicyclic) bond motifs is 1. The largest absolute Gasteiger partial charge is 0.245 e. The zero-order chi connectivity index (χ0) is 11.0. The second-order valence-electron chi connectivity index (χ2n) is 3.23. The molecule has 0 radical (unpaired) electrons. The molecule has 0 spiro atoms. The Balaban J connectivity index is 2.27. The molecule has 5 heteroatoms. The lowest BCUT2D eigenvalue weighted by atomic mass is 10.1. The molecule has 2 aromatic heterocycles. The summed E-state index contributed by atoms with van der Waals surface area (Å²) in [5.74, 6) is 0. The number of hydrogen-bond acceptors (Lipinski definition) is 4. The third-order valence-electron chi connectivity index (χ3n) is 2.27. The summed E-state index contributed by atoms with van der Waals surface area (Å²) in [5.41, 5.74) is 1.89. The molecule has 78 valence electrons. The smallest absolute Gasteiger partial charge is 0.140 e. The summed E-state index contributed by atoms with van der Waals surface area (Å²) in [6.07, 6.45) is 3.25. The molecule has 2 heterocycles. The molecule has 0 saturated carbocycles. The van der Waals surface area contributed by atoms with Crippen LogP contribution in [0.1, 0.15) is 0 Å². The topological polar surface area (TPSA) is 38.7 Å². The van der Waals surface area contributed by atoms with Gasteiger partial charge in [-0.05, 0) is 18.2 Å². The molecule has 0 saturated heterocycles. The van der Waals surface area contributed by atoms with Crippen LogP contribution in [0.3, 0.4) is 0 Å². The lowest BCUT2D eigenvalue weighted by Crippen LogP contribution is -1.84. The van der Waals surface area contributed by atoms with Crippen LogP contribution in [0, 0.1) is 0 Å². The Morgan fingerprint density at radius 3 is 2.88 bits per heavy atom. The Labute approximate surface area is 101 Å². The van der Waals surface area contributed by atoms with Crippen LogP contribution in [-0.2, 0) is 0 Å². The lowest BCUT2D eigenvalue weighted by Gasteiger charge is -2.01. The van der Waals surface area contributed by atoms with E-state index in [0.29, 0.717) is 5.15 Å². The summed E-state index contributed by atoms with van der Waals surface area (Å²) in [4.78, 5) is 12.4. The molecule has 0 bridgehead atoms. The van der Waals surface area contributed by atoms with Crippen LogP contribution in [0.15, 0.2) is 36.1 Å². The molecule has 0 unspecified atom stereocenters. The fraction of sp³-hybridized carbons (Fsp3) is 0. The van der Waals surface area contributed by atoms with Crippen molar-refractivity contribution in [1.29, 1.82) is 0 Å². The van der Waals surface area contributed by atoms with Crippen molar-refractivity contribution in [3.63, 3.8) is 0 Å². The van der Waals surface area contributed by atoms with E-state index in [9.17, 15) is 0 Å². The molecule has 0 aliphatic heterocycles. The highest BCUT2D eigenvalue weighted by Gasteiger charge is 2.05. The number of benzene rings is 1. The number of thiazole rings is 1. The Bertz CT molecular complexity index is 637. The number of nitrogens with zero attached hydrogens (tertiary/aromatic N) is 3. The second kappa shape index (κ2) is 3.81. The molecule has 0 N–H and O–H groups in total. The van der Waals surface area contributed by atoms with Crippen LogP contribution in [0.2, 0.25) is 5.15 Å². The number of rotatable bonds is 1. The summed E-state index contributed by atoms with van der Waals surface area (Å²) in [5, 5.41) is 4.25. The Morgan fingerprint density at radius 2 is 2.06 bits per heavy atom. The number of halogens is 1. The normalized spacial score (nSPS) is 10.8. The van der Waals surface area contributed by atoms with Gasteiger partial charge in [-0.2, -0.15) is 0 Å². The highest BCUT2D eigenvalue weighted by Crippen LogP contribution is 2.27. The summed E-state index contributed by atoms with van der Waals surface area (Å²) in [6, 6.07) is 5.89. The highest BCUT2D eigenvalue weighted by atomic mass is 35.5. The average molecular weight is 248 g/mol. The van der Waals surface area contributed by atoms with Crippen molar-refractivity contribution in [3.8, 4) is 10.6 Å². The zero-order valence-corrected chi connectivity index (χ0v) is 9.66. The number of hydrogen-bond donors (Lipinski definition) is 0. The van der Waals surface area contributed by atoms with E-state index in [0.717, 1.165) is 21.5 Å². The van der Waals surface area contributed by atoms with Crippen molar-refractivity contribution < 1.29 is 0 Å². The minimum atomic E-state index is 0.475. The van der Waals surface area contributed by atoms with Crippen LogP contribution >= 0.6 is 22.9 Å². The lowest BCUT2D eigenvalue weighted by molar-refractivity contribution is 1.22. The van der Waals surface area contributed by atoms with Gasteiger partial charge in [-0.15, -0.1) is 11.3 Å². The van der Waals surface area contributed by atoms with Gasteiger partial charge in [0.05, 0.1) is 5.52 Å². The summed E-state index contributed by atoms with van der Waals surface area (Å²) < 4.78 is 0. The van der Waals surface area contributed by atoms with Crippen LogP contribution in [0.4, 0.5) is 0 Å². The van der Waals surface area contributed by atoms with E-state index in [1.165, 1.54) is 6.33 Å². The van der Waals surface area contributed by atoms with Gasteiger partial charge in [0, 0.05) is 22.5 Å². The highest BCUT2D eigenvalue weighted by molar-refractivity contribution is 7.13. The van der Waals surface area contributed by atoms with Crippen LogP contribution in [0.25, 0.3) is 21.5 Å². The fourth-order valence-corrected chi connectivity index (χ4v) is 2.35. The average Bonchev–Trinajstić information content (AvgIpc) is 2.83. The molecule has 16 heavy (non-hydrogen) atoms. The monoisotopic (exact) mass is 247 g/mol. The molecule has 0 amide bonds. The van der Waals surface area contributed by atoms with Crippen molar-refractivity contribution in [2.45, 2.75) is 0 Å². The Morgan fingerprint density at radius 1 is 1.12 bits per heavy atom. The van der Waals surface area contributed by atoms with Gasteiger partial charge in [-0.1, -0.05) is 11.6 Å². The Hall–Kier alpha value is -1.52. The van der Waals surface area contributed by atoms with Gasteiger partial charge in [0.2, 0.25) is 0 Å². The van der Waals surface area contributed by atoms with E-state index in [1.54, 1.807) is 17.5 Å². The van der Waals surface area contributed by atoms with Crippen LogP contribution < -0.4 is 0 Å². The van der Waals surface area contributed by atoms with Gasteiger partial charge < -0.3 is 0 Å². The minimum absolute atomic E-state index is 0.475. The summed E-state index contributed by atoms with van der Waals surface area (Å²) >= 11 is 7.62. The van der Waals surface area contributed by atoms with E-state index in [1.807, 2.05) is 23.6 Å². The fourth-order valence-electron chi connectivity index (χ4n) is 1.52. The predicted octanol–water partition coefficient (Wildman–Crippen LogP) is 3.41. The van der Waals surface area contributed by atoms with E-state index in [2.05, 4.69) is 15.0 Å². The van der Waals surface area contributed by atoms with Gasteiger partial charge in [0.1, 0.15) is 16.5 Å². The predicted molar refractivity (Wildman–Crippen MR) is 65.7 cm³/mol. The van der Waals surface area contributed by atoms with Gasteiger partial charge in [0.15, 0.2) is 0 Å². The maximum Gasteiger partial charge on any atom is 0.140 e. The summed E-state index contributed by atoms with van der Waals surface area (Å²) in [6.45, 7) is 0. The first kappa shape index (κ1) is 9.69. The van der Waals surface area contributed by atoms with Crippen molar-refractivity contribution in [3.05, 3.63) is 41.3 Å². The van der Waals surface area contributed by atoms with E-state index < -0.39 is 0 Å². The molecule has 0 atom stereocenters. The van der Waals surface area contributed by atoms with Crippen LogP contribution in [-0.4, -0.2) is 15.0 Å². The third kappa shape index (κ3) is 1.56. The summed E-state index contributed by atoms with van der Waals surface area (Å²) in [7, 11) is 0. The van der Waals surface area contributed by atoms with Gasteiger partial charge >= 0.3 is 0 Å². The maximum absolute atomic E-state index is 6.02. The third-order valence-corrected chi connectivity index (χ3v) is 3.39. The first-order valence-electron chi connectivity index (χ1n) is 4.65. The van der Waals surface area contributed by atoms with Crippen molar-refractivity contribution in [2.24, 2.45) is 0 Å². The Kier molecular flexibility index (Phi) is 2.31. The van der Waals surface area contributed by atoms with Crippen molar-refractivity contribution >= 4 is 33.8 Å². The molecule has 0 aliphatic rings. The molecule has 3 nitrogen and oxygen atoms in total. The molecule has 1 aromatic carbocycles. The number of aromatic nitrogens is 3. The molecular weight excluding hydrogens is 242 g/mol. The minimum Gasteiger partial charge on any atom is -0.245 e. The van der Waals surface area contributed by atoms with Gasteiger partial charge in [-0.25, -0.2) is 15.0 Å². The first-order valence-corrected chi connectivity index (χ1v) is 5.90. The maximum atomic E-state index is 6.02. The molecular formula is C11H6ClN3S. The SMILES string of the molecule is Clc1ncnc2ccc(-c3nccs3)cc12. The van der Waals surface area contributed by atoms with E-state index >= 15 is 0 Å². The quantitative estimate of drug-likeness (QED) is 0.619. The second-order valence-corrected chi connectivity index (χ2v) is 4.49. The zero-order valence-electron chi connectivity index (χ0n) is 8.09. The molecule has 0 fully saturated rings. The van der Waals surface area contributed by atoms with Gasteiger partial charge in [-0.3, -0.25) is 0 Å². The van der Waals surface area contributed by atoms with Gasteiger partial charge in [0.25, 0.3) is 0 Å². The molecule has 3 rings (SSSR count). The molecule has 0 aliphatic carbocycles. The van der Waals surface area contributed by atoms with Crippen molar-refractivity contribution in [1.82, 2.24) is 15.0 Å². The first-order chi connectivity index (χ1) is 7.84. The van der Waals surface area contributed by atoms with Crippen molar-refractivity contribution in [2.75, 3.05) is 0 Å². The van der Waals surface area contributed by atoms with Crippen LogP contribution in [0.5, 0.6) is 0 Å². The van der Waals surface area contributed by atoms with E-state index in [4.69, 9.17) is 11.6 Å².